The number of nitrogens with zero attached hydrogens (tertiary/aromatic N) is 2. The highest BCUT2D eigenvalue weighted by atomic mass is 16.1. The van der Waals surface area contributed by atoms with Crippen molar-refractivity contribution >= 4 is 0 Å². The molecule has 4 bridgehead atoms. The Labute approximate surface area is 111 Å². The van der Waals surface area contributed by atoms with Crippen molar-refractivity contribution in [3.05, 3.63) is 27.7 Å². The van der Waals surface area contributed by atoms with Crippen molar-refractivity contribution in [1.82, 2.24) is 10.2 Å². The van der Waals surface area contributed by atoms with Gasteiger partial charge in [-0.2, -0.15) is 10.4 Å². The third-order valence-corrected chi connectivity index (χ3v) is 5.58. The molecule has 1 N–H and O–H groups in total. The molecule has 4 heteroatoms. The summed E-state index contributed by atoms with van der Waals surface area (Å²) in [5.74, 6) is 2.41. The van der Waals surface area contributed by atoms with Crippen molar-refractivity contribution in [1.29, 1.82) is 5.26 Å². The highest BCUT2D eigenvalue weighted by Gasteiger charge is 2.52. The summed E-state index contributed by atoms with van der Waals surface area (Å²) in [5, 5.41) is 15.7. The second-order valence-electron chi connectivity index (χ2n) is 6.80. The lowest BCUT2D eigenvalue weighted by Gasteiger charge is -2.57. The van der Waals surface area contributed by atoms with Crippen LogP contribution in [0.5, 0.6) is 0 Å². The molecular formula is C15H17N3O. The summed E-state index contributed by atoms with van der Waals surface area (Å²) in [7, 11) is 0. The molecule has 1 heterocycles. The van der Waals surface area contributed by atoms with Crippen LogP contribution in [-0.2, 0) is 5.41 Å². The van der Waals surface area contributed by atoms with E-state index in [9.17, 15) is 10.1 Å². The Morgan fingerprint density at radius 2 is 1.79 bits per heavy atom. The van der Waals surface area contributed by atoms with Crippen LogP contribution in [0.25, 0.3) is 0 Å². The smallest absolute Gasteiger partial charge is 0.267 e. The monoisotopic (exact) mass is 255 g/mol. The summed E-state index contributed by atoms with van der Waals surface area (Å²) in [5.41, 5.74) is 0.978. The van der Waals surface area contributed by atoms with E-state index in [2.05, 4.69) is 16.3 Å². The van der Waals surface area contributed by atoms with Crippen molar-refractivity contribution < 1.29 is 0 Å². The molecular weight excluding hydrogens is 238 g/mol. The normalized spacial score (nSPS) is 39.2. The first-order valence-electron chi connectivity index (χ1n) is 7.18. The van der Waals surface area contributed by atoms with E-state index in [0.29, 0.717) is 5.56 Å². The zero-order valence-corrected chi connectivity index (χ0v) is 10.9. The third-order valence-electron chi connectivity index (χ3n) is 5.58. The molecule has 1 aromatic rings. The van der Waals surface area contributed by atoms with Gasteiger partial charge in [0.15, 0.2) is 0 Å². The molecule has 4 saturated carbocycles. The standard InChI is InChI=1S/C15H17N3O/c16-7-12-13(8-17-18-14(12)19)15-4-9-1-10(5-15)3-11(2-9)6-15/h8-11H,1-6H2,(H,18,19). The predicted octanol–water partition coefficient (Wildman–Crippen LogP) is 2.11. The second kappa shape index (κ2) is 3.69. The SMILES string of the molecule is N#Cc1c(C23CC4CC(CC(C4)C2)C3)cn[nH]c1=O. The Balaban J connectivity index is 1.87. The minimum Gasteiger partial charge on any atom is -0.267 e. The molecule has 19 heavy (non-hydrogen) atoms. The van der Waals surface area contributed by atoms with Crippen LogP contribution in [0.1, 0.15) is 49.7 Å². The summed E-state index contributed by atoms with van der Waals surface area (Å²) in [6.07, 6.45) is 9.27. The topological polar surface area (TPSA) is 69.5 Å². The fraction of sp³-hybridized carbons (Fsp3) is 0.667. The van der Waals surface area contributed by atoms with Crippen molar-refractivity contribution in [2.24, 2.45) is 17.8 Å². The summed E-state index contributed by atoms with van der Waals surface area (Å²) < 4.78 is 0. The van der Waals surface area contributed by atoms with Crippen molar-refractivity contribution in [2.45, 2.75) is 43.9 Å². The molecule has 4 nitrogen and oxygen atoms in total. The van der Waals surface area contributed by atoms with Gasteiger partial charge in [-0.25, -0.2) is 5.10 Å². The quantitative estimate of drug-likeness (QED) is 0.835. The number of nitrogens with one attached hydrogen (secondary N) is 1. The fourth-order valence-electron chi connectivity index (χ4n) is 5.35. The minimum absolute atomic E-state index is 0.0705. The molecule has 0 aromatic carbocycles. The van der Waals surface area contributed by atoms with Crippen LogP contribution >= 0.6 is 0 Å². The zero-order chi connectivity index (χ0) is 13.0. The maximum absolute atomic E-state index is 11.8. The predicted molar refractivity (Wildman–Crippen MR) is 69.4 cm³/mol. The van der Waals surface area contributed by atoms with Gasteiger partial charge in [-0.05, 0) is 61.7 Å². The molecule has 4 aliphatic carbocycles. The van der Waals surface area contributed by atoms with Crippen LogP contribution in [0.3, 0.4) is 0 Å². The molecule has 0 radical (unpaired) electrons. The first-order valence-corrected chi connectivity index (χ1v) is 7.18. The highest BCUT2D eigenvalue weighted by molar-refractivity contribution is 5.40. The lowest BCUT2D eigenvalue weighted by Crippen LogP contribution is -2.49. The molecule has 0 unspecified atom stereocenters. The van der Waals surface area contributed by atoms with Crippen molar-refractivity contribution in [3.63, 3.8) is 0 Å². The van der Waals surface area contributed by atoms with Crippen molar-refractivity contribution in [2.75, 3.05) is 0 Å². The Morgan fingerprint density at radius 1 is 1.21 bits per heavy atom. The van der Waals surface area contributed by atoms with Crippen molar-refractivity contribution in [3.8, 4) is 6.07 Å². The van der Waals surface area contributed by atoms with Gasteiger partial charge in [-0.15, -0.1) is 0 Å². The average molecular weight is 255 g/mol. The lowest BCUT2D eigenvalue weighted by atomic mass is 9.48. The Hall–Kier alpha value is -1.63. The van der Waals surface area contributed by atoms with Gasteiger partial charge in [0.05, 0.1) is 6.20 Å². The van der Waals surface area contributed by atoms with Crippen LogP contribution in [-0.4, -0.2) is 10.2 Å². The number of aromatic amines is 1. The summed E-state index contributed by atoms with van der Waals surface area (Å²) >= 11 is 0. The Bertz CT molecular complexity index is 590. The zero-order valence-electron chi connectivity index (χ0n) is 10.9. The van der Waals surface area contributed by atoms with Gasteiger partial charge in [-0.3, -0.25) is 4.79 Å². The lowest BCUT2D eigenvalue weighted by molar-refractivity contribution is -0.00557. The first-order chi connectivity index (χ1) is 9.20. The van der Waals surface area contributed by atoms with Gasteiger partial charge in [0.2, 0.25) is 0 Å². The minimum atomic E-state index is -0.323. The number of rotatable bonds is 1. The van der Waals surface area contributed by atoms with Gasteiger partial charge in [0, 0.05) is 5.56 Å². The molecule has 0 saturated heterocycles. The second-order valence-corrected chi connectivity index (χ2v) is 6.80. The molecule has 0 aliphatic heterocycles. The molecule has 0 amide bonds. The largest absolute Gasteiger partial charge is 0.282 e. The maximum Gasteiger partial charge on any atom is 0.282 e. The number of hydrogen-bond donors (Lipinski definition) is 1. The first kappa shape index (κ1) is 11.2. The van der Waals surface area contributed by atoms with Crippen LogP contribution in [0.2, 0.25) is 0 Å². The van der Waals surface area contributed by atoms with Crippen LogP contribution in [0, 0.1) is 29.1 Å². The van der Waals surface area contributed by atoms with Crippen LogP contribution in [0.4, 0.5) is 0 Å². The molecule has 4 fully saturated rings. The van der Waals surface area contributed by atoms with Crippen LogP contribution in [0.15, 0.2) is 11.0 Å². The number of nitriles is 1. The van der Waals surface area contributed by atoms with E-state index in [1.165, 1.54) is 19.3 Å². The van der Waals surface area contributed by atoms with E-state index >= 15 is 0 Å². The molecule has 98 valence electrons. The van der Waals surface area contributed by atoms with Gasteiger partial charge in [0.25, 0.3) is 5.56 Å². The molecule has 4 aliphatic rings. The third kappa shape index (κ3) is 1.51. The molecule has 1 aromatic heterocycles. The number of H-pyrrole nitrogens is 1. The molecule has 5 rings (SSSR count). The van der Waals surface area contributed by atoms with E-state index in [4.69, 9.17) is 0 Å². The Kier molecular flexibility index (Phi) is 2.18. The maximum atomic E-state index is 11.8. The summed E-state index contributed by atoms with van der Waals surface area (Å²) in [6.45, 7) is 0. The van der Waals surface area contributed by atoms with E-state index in [-0.39, 0.29) is 11.0 Å². The fourth-order valence-corrected chi connectivity index (χ4v) is 5.35. The molecule has 0 spiro atoms. The van der Waals surface area contributed by atoms with Gasteiger partial charge < -0.3 is 0 Å². The van der Waals surface area contributed by atoms with E-state index in [1.807, 2.05) is 0 Å². The van der Waals surface area contributed by atoms with Crippen LogP contribution < -0.4 is 5.56 Å². The van der Waals surface area contributed by atoms with E-state index in [0.717, 1.165) is 42.6 Å². The summed E-state index contributed by atoms with van der Waals surface area (Å²) in [4.78, 5) is 11.8. The summed E-state index contributed by atoms with van der Waals surface area (Å²) in [6, 6.07) is 2.11. The van der Waals surface area contributed by atoms with Gasteiger partial charge in [-0.1, -0.05) is 0 Å². The van der Waals surface area contributed by atoms with Gasteiger partial charge in [0.1, 0.15) is 11.6 Å². The van der Waals surface area contributed by atoms with E-state index < -0.39 is 0 Å². The van der Waals surface area contributed by atoms with Gasteiger partial charge >= 0.3 is 0 Å². The van der Waals surface area contributed by atoms with E-state index in [1.54, 1.807) is 6.20 Å². The average Bonchev–Trinajstić information content (AvgIpc) is 2.36. The highest BCUT2D eigenvalue weighted by Crippen LogP contribution is 2.60. The molecule has 0 atom stereocenters. The Morgan fingerprint density at radius 3 is 2.32 bits per heavy atom. The number of aromatic nitrogens is 2. The number of hydrogen-bond acceptors (Lipinski definition) is 3.